The summed E-state index contributed by atoms with van der Waals surface area (Å²) >= 11 is 1.79. The number of hydrogen-bond acceptors (Lipinski definition) is 3. The van der Waals surface area contributed by atoms with Crippen LogP contribution in [0.5, 0.6) is 0 Å². The number of benzene rings is 4. The van der Waals surface area contributed by atoms with Crippen molar-refractivity contribution in [1.82, 2.24) is 9.97 Å². The second-order valence-electron chi connectivity index (χ2n) is 7.19. The van der Waals surface area contributed by atoms with Crippen molar-refractivity contribution in [2.75, 3.05) is 0 Å². The summed E-state index contributed by atoms with van der Waals surface area (Å²) in [7, 11) is 0. The van der Waals surface area contributed by atoms with Gasteiger partial charge in [-0.25, -0.2) is 4.98 Å². The molecule has 0 spiro atoms. The van der Waals surface area contributed by atoms with Crippen molar-refractivity contribution in [3.63, 3.8) is 0 Å². The highest BCUT2D eigenvalue weighted by Crippen LogP contribution is 2.31. The molecule has 136 valence electrons. The van der Waals surface area contributed by atoms with E-state index in [0.29, 0.717) is 0 Å². The first kappa shape index (κ1) is 16.4. The van der Waals surface area contributed by atoms with Gasteiger partial charge in [0.1, 0.15) is 0 Å². The van der Waals surface area contributed by atoms with Crippen LogP contribution < -0.4 is 0 Å². The average Bonchev–Trinajstić information content (AvgIpc) is 3.26. The summed E-state index contributed by atoms with van der Waals surface area (Å²) in [6.45, 7) is 0. The molecule has 0 radical (unpaired) electrons. The molecule has 0 amide bonds. The highest BCUT2D eigenvalue weighted by Gasteiger charge is 2.06. The lowest BCUT2D eigenvalue weighted by molar-refractivity contribution is 1.29. The van der Waals surface area contributed by atoms with Crippen molar-refractivity contribution < 1.29 is 0 Å². The first-order valence-corrected chi connectivity index (χ1v) is 10.5. The molecule has 2 heterocycles. The van der Waals surface area contributed by atoms with Gasteiger partial charge in [-0.2, -0.15) is 0 Å². The molecule has 0 N–H and O–H groups in total. The zero-order valence-corrected chi connectivity index (χ0v) is 16.4. The summed E-state index contributed by atoms with van der Waals surface area (Å²) in [6, 6.07) is 30.0. The zero-order valence-electron chi connectivity index (χ0n) is 15.5. The molecule has 2 nitrogen and oxygen atoms in total. The molecule has 0 atom stereocenters. The summed E-state index contributed by atoms with van der Waals surface area (Å²) in [5.74, 6) is 0. The molecule has 6 rings (SSSR count). The van der Waals surface area contributed by atoms with Crippen LogP contribution in [0.1, 0.15) is 0 Å². The van der Waals surface area contributed by atoms with Crippen LogP contribution in [0, 0.1) is 0 Å². The van der Waals surface area contributed by atoms with E-state index in [9.17, 15) is 0 Å². The summed E-state index contributed by atoms with van der Waals surface area (Å²) in [5, 5.41) is 5.88. The van der Waals surface area contributed by atoms with E-state index in [1.54, 1.807) is 11.3 Å². The summed E-state index contributed by atoms with van der Waals surface area (Å²) in [6.07, 6.45) is 1.86. The first-order chi connectivity index (χ1) is 14.3. The Morgan fingerprint density at radius 2 is 1.31 bits per heavy atom. The maximum atomic E-state index is 4.80. The van der Waals surface area contributed by atoms with Crippen LogP contribution in [0.2, 0.25) is 0 Å². The number of thiophene rings is 1. The number of fused-ring (bicyclic) bond motifs is 3. The van der Waals surface area contributed by atoms with Gasteiger partial charge in [-0.3, -0.25) is 4.98 Å². The fourth-order valence-electron chi connectivity index (χ4n) is 3.82. The lowest BCUT2D eigenvalue weighted by Crippen LogP contribution is -1.88. The fraction of sp³-hybridized carbons (Fsp3) is 0. The van der Waals surface area contributed by atoms with Gasteiger partial charge < -0.3 is 0 Å². The van der Waals surface area contributed by atoms with E-state index in [1.165, 1.54) is 32.0 Å². The van der Waals surface area contributed by atoms with Crippen LogP contribution in [0.25, 0.3) is 54.3 Å². The van der Waals surface area contributed by atoms with Crippen molar-refractivity contribution >= 4 is 43.2 Å². The Bertz CT molecular complexity index is 1510. The molecule has 2 aromatic heterocycles. The standard InChI is InChI=1S/C26H16N2S/c1-2-4-24-23(3-1)27-16-25(28-24)21-10-6-17-5-8-19(13-22(17)14-21)20-9-7-18-11-12-29-26(18)15-20/h1-16H. The van der Waals surface area contributed by atoms with Gasteiger partial charge in [0.05, 0.1) is 22.9 Å². The lowest BCUT2D eigenvalue weighted by Gasteiger charge is -2.07. The van der Waals surface area contributed by atoms with E-state index in [0.717, 1.165) is 22.3 Å². The Balaban J connectivity index is 1.47. The first-order valence-electron chi connectivity index (χ1n) is 9.57. The third-order valence-electron chi connectivity index (χ3n) is 5.37. The topological polar surface area (TPSA) is 25.8 Å². The number of para-hydroxylation sites is 2. The van der Waals surface area contributed by atoms with Crippen molar-refractivity contribution in [2.45, 2.75) is 0 Å². The summed E-state index contributed by atoms with van der Waals surface area (Å²) in [4.78, 5) is 9.37. The van der Waals surface area contributed by atoms with Crippen LogP contribution in [-0.2, 0) is 0 Å². The molecule has 0 aliphatic rings. The number of aromatic nitrogens is 2. The van der Waals surface area contributed by atoms with Gasteiger partial charge in [-0.05, 0) is 69.1 Å². The minimum absolute atomic E-state index is 0.899. The Hall–Kier alpha value is -3.56. The van der Waals surface area contributed by atoms with E-state index in [1.807, 2.05) is 30.5 Å². The van der Waals surface area contributed by atoms with Gasteiger partial charge in [0.25, 0.3) is 0 Å². The molecular formula is C26H16N2S. The molecule has 0 unspecified atom stereocenters. The van der Waals surface area contributed by atoms with E-state index in [4.69, 9.17) is 4.98 Å². The maximum Gasteiger partial charge on any atom is 0.0894 e. The van der Waals surface area contributed by atoms with Gasteiger partial charge in [-0.15, -0.1) is 11.3 Å². The van der Waals surface area contributed by atoms with E-state index in [2.05, 4.69) is 71.0 Å². The van der Waals surface area contributed by atoms with Crippen LogP contribution in [-0.4, -0.2) is 9.97 Å². The van der Waals surface area contributed by atoms with E-state index < -0.39 is 0 Å². The molecule has 4 aromatic carbocycles. The fourth-order valence-corrected chi connectivity index (χ4v) is 4.64. The highest BCUT2D eigenvalue weighted by atomic mass is 32.1. The number of rotatable bonds is 2. The SMILES string of the molecule is c1ccc2nc(-c3ccc4ccc(-c5ccc6ccsc6c5)cc4c3)cnc2c1. The third-order valence-corrected chi connectivity index (χ3v) is 6.25. The van der Waals surface area contributed by atoms with Gasteiger partial charge in [0, 0.05) is 10.3 Å². The molecule has 29 heavy (non-hydrogen) atoms. The van der Waals surface area contributed by atoms with Gasteiger partial charge >= 0.3 is 0 Å². The Morgan fingerprint density at radius 3 is 2.21 bits per heavy atom. The summed E-state index contributed by atoms with van der Waals surface area (Å²) < 4.78 is 1.32. The van der Waals surface area contributed by atoms with Gasteiger partial charge in [0.2, 0.25) is 0 Å². The van der Waals surface area contributed by atoms with Gasteiger partial charge in [0.15, 0.2) is 0 Å². The molecular weight excluding hydrogens is 372 g/mol. The van der Waals surface area contributed by atoms with Crippen molar-refractivity contribution in [2.24, 2.45) is 0 Å². The Labute approximate surface area is 172 Å². The molecule has 0 saturated carbocycles. The molecule has 0 aliphatic carbocycles. The average molecular weight is 388 g/mol. The van der Waals surface area contributed by atoms with Crippen molar-refractivity contribution in [1.29, 1.82) is 0 Å². The molecule has 0 bridgehead atoms. The highest BCUT2D eigenvalue weighted by molar-refractivity contribution is 7.17. The molecule has 0 saturated heterocycles. The third kappa shape index (κ3) is 2.87. The largest absolute Gasteiger partial charge is 0.252 e. The zero-order chi connectivity index (χ0) is 19.2. The maximum absolute atomic E-state index is 4.80. The van der Waals surface area contributed by atoms with Crippen LogP contribution in [0.15, 0.2) is 96.5 Å². The summed E-state index contributed by atoms with van der Waals surface area (Å²) in [5.41, 5.74) is 6.30. The number of nitrogens with zero attached hydrogens (tertiary/aromatic N) is 2. The molecule has 0 fully saturated rings. The minimum Gasteiger partial charge on any atom is -0.252 e. The Kier molecular flexibility index (Phi) is 3.68. The predicted octanol–water partition coefficient (Wildman–Crippen LogP) is 7.33. The smallest absolute Gasteiger partial charge is 0.0894 e. The molecule has 0 aliphatic heterocycles. The van der Waals surface area contributed by atoms with Crippen LogP contribution in [0.4, 0.5) is 0 Å². The normalized spacial score (nSPS) is 11.4. The number of hydrogen-bond donors (Lipinski definition) is 0. The van der Waals surface area contributed by atoms with Crippen LogP contribution >= 0.6 is 11.3 Å². The lowest BCUT2D eigenvalue weighted by atomic mass is 9.99. The molecule has 6 aromatic rings. The second kappa shape index (κ2) is 6.50. The Morgan fingerprint density at radius 1 is 0.586 bits per heavy atom. The van der Waals surface area contributed by atoms with E-state index >= 15 is 0 Å². The quantitative estimate of drug-likeness (QED) is 0.310. The van der Waals surface area contributed by atoms with E-state index in [-0.39, 0.29) is 0 Å². The minimum atomic E-state index is 0.899. The van der Waals surface area contributed by atoms with Crippen molar-refractivity contribution in [3.05, 3.63) is 96.5 Å². The monoisotopic (exact) mass is 388 g/mol. The van der Waals surface area contributed by atoms with Crippen LogP contribution in [0.3, 0.4) is 0 Å². The predicted molar refractivity (Wildman–Crippen MR) is 123 cm³/mol. The van der Waals surface area contributed by atoms with Crippen molar-refractivity contribution in [3.8, 4) is 22.4 Å². The second-order valence-corrected chi connectivity index (χ2v) is 8.14. The van der Waals surface area contributed by atoms with Gasteiger partial charge in [-0.1, -0.05) is 48.5 Å². The molecule has 3 heteroatoms.